The zero-order valence-corrected chi connectivity index (χ0v) is 11.1. The number of rotatable bonds is 2. The van der Waals surface area contributed by atoms with Gasteiger partial charge in [-0.2, -0.15) is 0 Å². The topological polar surface area (TPSA) is 61.4 Å². The number of hydrogen-bond acceptors (Lipinski definition) is 2. The Morgan fingerprint density at radius 2 is 2.06 bits per heavy atom. The average Bonchev–Trinajstić information content (AvgIpc) is 2.70. The van der Waals surface area contributed by atoms with Gasteiger partial charge in [0.1, 0.15) is 0 Å². The van der Waals surface area contributed by atoms with Gasteiger partial charge in [0.15, 0.2) is 0 Å². The van der Waals surface area contributed by atoms with Gasteiger partial charge in [-0.05, 0) is 37.5 Å². The average molecular weight is 289 g/mol. The van der Waals surface area contributed by atoms with Gasteiger partial charge in [0, 0.05) is 5.69 Å². The van der Waals surface area contributed by atoms with Crippen molar-refractivity contribution in [3.05, 3.63) is 28.2 Å². The third-order valence-electron chi connectivity index (χ3n) is 2.97. The minimum atomic E-state index is -0.454. The molecule has 18 heavy (non-hydrogen) atoms. The minimum Gasteiger partial charge on any atom is -0.391 e. The van der Waals surface area contributed by atoms with E-state index in [0.717, 1.165) is 19.3 Å². The first kappa shape index (κ1) is 13.5. The summed E-state index contributed by atoms with van der Waals surface area (Å²) in [5, 5.41) is 15.8. The van der Waals surface area contributed by atoms with Gasteiger partial charge < -0.3 is 15.7 Å². The van der Waals surface area contributed by atoms with Crippen molar-refractivity contribution in [3.63, 3.8) is 0 Å². The van der Waals surface area contributed by atoms with Gasteiger partial charge in [-0.25, -0.2) is 4.79 Å². The van der Waals surface area contributed by atoms with Gasteiger partial charge in [0.2, 0.25) is 0 Å². The quantitative estimate of drug-likeness (QED) is 0.783. The highest BCUT2D eigenvalue weighted by Gasteiger charge is 2.26. The van der Waals surface area contributed by atoms with Gasteiger partial charge in [-0.3, -0.25) is 0 Å². The third-order valence-corrected chi connectivity index (χ3v) is 3.71. The zero-order valence-electron chi connectivity index (χ0n) is 9.62. The maximum absolute atomic E-state index is 11.7. The number of benzene rings is 1. The van der Waals surface area contributed by atoms with Crippen LogP contribution in [0.1, 0.15) is 19.3 Å². The Bertz CT molecular complexity index is 454. The van der Waals surface area contributed by atoms with Crippen LogP contribution in [0, 0.1) is 0 Å². The molecule has 3 N–H and O–H groups in total. The normalized spacial score (nSPS) is 22.8. The second-order valence-electron chi connectivity index (χ2n) is 4.33. The van der Waals surface area contributed by atoms with Crippen molar-refractivity contribution in [1.82, 2.24) is 5.32 Å². The number of anilines is 1. The molecule has 2 amide bonds. The first-order valence-electron chi connectivity index (χ1n) is 5.77. The van der Waals surface area contributed by atoms with Crippen LogP contribution in [0.15, 0.2) is 18.2 Å². The second-order valence-corrected chi connectivity index (χ2v) is 5.15. The zero-order chi connectivity index (χ0) is 13.1. The highest BCUT2D eigenvalue weighted by atomic mass is 35.5. The predicted octanol–water partition coefficient (Wildman–Crippen LogP) is 3.03. The van der Waals surface area contributed by atoms with Gasteiger partial charge in [-0.15, -0.1) is 0 Å². The maximum Gasteiger partial charge on any atom is 0.319 e. The molecule has 0 aromatic heterocycles. The van der Waals surface area contributed by atoms with E-state index in [4.69, 9.17) is 23.2 Å². The molecule has 0 spiro atoms. The first-order valence-corrected chi connectivity index (χ1v) is 6.52. The van der Waals surface area contributed by atoms with Gasteiger partial charge in [0.25, 0.3) is 0 Å². The first-order chi connectivity index (χ1) is 8.56. The van der Waals surface area contributed by atoms with Crippen molar-refractivity contribution in [1.29, 1.82) is 0 Å². The molecule has 2 rings (SSSR count). The van der Waals surface area contributed by atoms with Crippen molar-refractivity contribution in [2.75, 3.05) is 5.32 Å². The molecule has 1 aliphatic carbocycles. The van der Waals surface area contributed by atoms with E-state index in [2.05, 4.69) is 10.6 Å². The molecule has 1 aliphatic rings. The molecule has 0 saturated heterocycles. The monoisotopic (exact) mass is 288 g/mol. The number of carbonyl (C=O) groups excluding carboxylic acids is 1. The lowest BCUT2D eigenvalue weighted by Crippen LogP contribution is -2.42. The molecular weight excluding hydrogens is 275 g/mol. The van der Waals surface area contributed by atoms with Crippen LogP contribution in [0.4, 0.5) is 10.5 Å². The van der Waals surface area contributed by atoms with Crippen LogP contribution in [0.25, 0.3) is 0 Å². The van der Waals surface area contributed by atoms with Crippen molar-refractivity contribution >= 4 is 34.9 Å². The van der Waals surface area contributed by atoms with Crippen molar-refractivity contribution in [2.45, 2.75) is 31.4 Å². The predicted molar refractivity (Wildman–Crippen MR) is 72.3 cm³/mol. The van der Waals surface area contributed by atoms with Crippen molar-refractivity contribution < 1.29 is 9.90 Å². The number of aliphatic hydroxyl groups excluding tert-OH is 1. The fraction of sp³-hybridized carbons (Fsp3) is 0.417. The largest absolute Gasteiger partial charge is 0.391 e. The summed E-state index contributed by atoms with van der Waals surface area (Å²) in [4.78, 5) is 11.7. The molecule has 0 radical (unpaired) electrons. The molecule has 0 bridgehead atoms. The Morgan fingerprint density at radius 1 is 1.28 bits per heavy atom. The Balaban J connectivity index is 1.92. The molecule has 0 unspecified atom stereocenters. The summed E-state index contributed by atoms with van der Waals surface area (Å²) in [5.41, 5.74) is 0.564. The molecule has 1 aromatic carbocycles. The van der Waals surface area contributed by atoms with E-state index in [-0.39, 0.29) is 12.1 Å². The van der Waals surface area contributed by atoms with Crippen molar-refractivity contribution in [3.8, 4) is 0 Å². The molecule has 6 heteroatoms. The van der Waals surface area contributed by atoms with Crippen LogP contribution in [0.3, 0.4) is 0 Å². The lowest BCUT2D eigenvalue weighted by Gasteiger charge is -2.17. The van der Waals surface area contributed by atoms with Crippen LogP contribution in [-0.2, 0) is 0 Å². The van der Waals surface area contributed by atoms with Crippen LogP contribution in [0.5, 0.6) is 0 Å². The van der Waals surface area contributed by atoms with Gasteiger partial charge in [-0.1, -0.05) is 23.2 Å². The Kier molecular flexibility index (Phi) is 4.32. The molecule has 1 saturated carbocycles. The van der Waals surface area contributed by atoms with Crippen LogP contribution < -0.4 is 10.6 Å². The number of hydrogen-bond donors (Lipinski definition) is 3. The minimum absolute atomic E-state index is 0.173. The van der Waals surface area contributed by atoms with E-state index in [0.29, 0.717) is 15.7 Å². The Morgan fingerprint density at radius 3 is 2.67 bits per heavy atom. The molecule has 0 aliphatic heterocycles. The molecule has 0 heterocycles. The van der Waals surface area contributed by atoms with Crippen LogP contribution >= 0.6 is 23.2 Å². The molecule has 2 atom stereocenters. The second kappa shape index (κ2) is 5.78. The fourth-order valence-electron chi connectivity index (χ4n) is 2.02. The van der Waals surface area contributed by atoms with Gasteiger partial charge in [0.05, 0.1) is 22.2 Å². The maximum atomic E-state index is 11.7. The summed E-state index contributed by atoms with van der Waals surface area (Å²) < 4.78 is 0. The van der Waals surface area contributed by atoms with E-state index < -0.39 is 6.10 Å². The van der Waals surface area contributed by atoms with Crippen LogP contribution in [-0.4, -0.2) is 23.3 Å². The molecule has 98 valence electrons. The summed E-state index contributed by atoms with van der Waals surface area (Å²) >= 11 is 11.6. The smallest absolute Gasteiger partial charge is 0.319 e. The van der Waals surface area contributed by atoms with E-state index in [1.807, 2.05) is 0 Å². The third kappa shape index (κ3) is 3.28. The highest BCUT2D eigenvalue weighted by molar-refractivity contribution is 6.42. The highest BCUT2D eigenvalue weighted by Crippen LogP contribution is 2.25. The summed E-state index contributed by atoms with van der Waals surface area (Å²) in [6.07, 6.45) is 2.01. The number of nitrogens with one attached hydrogen (secondary N) is 2. The number of halogens is 2. The van der Waals surface area contributed by atoms with E-state index in [9.17, 15) is 9.90 Å². The summed E-state index contributed by atoms with van der Waals surface area (Å²) in [6.45, 7) is 0. The standard InChI is InChI=1S/C12H14Cl2N2O2/c13-8-5-4-7(6-9(8)14)15-12(18)16-10-2-1-3-11(10)17/h4-6,10-11,17H,1-3H2,(H2,15,16,18)/t10-,11+/m1/s1. The van der Waals surface area contributed by atoms with Crippen LogP contribution in [0.2, 0.25) is 10.0 Å². The lowest BCUT2D eigenvalue weighted by atomic mass is 10.2. The molecular formula is C12H14Cl2N2O2. The molecule has 4 nitrogen and oxygen atoms in total. The SMILES string of the molecule is O=C(Nc1ccc(Cl)c(Cl)c1)N[C@@H]1CCC[C@@H]1O. The Hall–Kier alpha value is -0.970. The molecule has 1 fully saturated rings. The summed E-state index contributed by atoms with van der Waals surface area (Å²) in [7, 11) is 0. The summed E-state index contributed by atoms with van der Waals surface area (Å²) in [5.74, 6) is 0. The number of urea groups is 1. The lowest BCUT2D eigenvalue weighted by molar-refractivity contribution is 0.151. The van der Waals surface area contributed by atoms with E-state index >= 15 is 0 Å². The van der Waals surface area contributed by atoms with Crippen molar-refractivity contribution in [2.24, 2.45) is 0 Å². The fourth-order valence-corrected chi connectivity index (χ4v) is 2.32. The Labute approximate surface area is 115 Å². The number of aliphatic hydroxyl groups is 1. The van der Waals surface area contributed by atoms with Gasteiger partial charge >= 0.3 is 6.03 Å². The molecule has 1 aromatic rings. The van der Waals surface area contributed by atoms with E-state index in [1.54, 1.807) is 18.2 Å². The number of carbonyl (C=O) groups is 1. The summed E-state index contributed by atoms with van der Waals surface area (Å²) in [6, 6.07) is 4.34. The van der Waals surface area contributed by atoms with E-state index in [1.165, 1.54) is 0 Å². The number of amides is 2.